The number of pyridine rings is 1. The predicted molar refractivity (Wildman–Crippen MR) is 72.2 cm³/mol. The molecule has 2 atom stereocenters. The van der Waals surface area contributed by atoms with Crippen molar-refractivity contribution in [1.29, 1.82) is 0 Å². The zero-order valence-corrected chi connectivity index (χ0v) is 11.1. The van der Waals surface area contributed by atoms with Crippen LogP contribution in [0.5, 0.6) is 0 Å². The van der Waals surface area contributed by atoms with Gasteiger partial charge in [0.1, 0.15) is 0 Å². The summed E-state index contributed by atoms with van der Waals surface area (Å²) in [6, 6.07) is 2.04. The third-order valence-electron chi connectivity index (χ3n) is 3.86. The highest BCUT2D eigenvalue weighted by molar-refractivity contribution is 5.98. The van der Waals surface area contributed by atoms with Gasteiger partial charge >= 0.3 is 0 Å². The Balaban J connectivity index is 2.11. The van der Waals surface area contributed by atoms with Gasteiger partial charge < -0.3 is 10.6 Å². The molecule has 1 aliphatic carbocycles. The van der Waals surface area contributed by atoms with Gasteiger partial charge in [0.15, 0.2) is 0 Å². The fourth-order valence-electron chi connectivity index (χ4n) is 2.71. The van der Waals surface area contributed by atoms with Gasteiger partial charge in [-0.1, -0.05) is 19.8 Å². The van der Waals surface area contributed by atoms with Gasteiger partial charge in [0, 0.05) is 19.3 Å². The molecule has 98 valence electrons. The number of amides is 1. The number of rotatable bonds is 2. The summed E-state index contributed by atoms with van der Waals surface area (Å²) in [6.07, 6.45) is 7.81. The van der Waals surface area contributed by atoms with Crippen LogP contribution < -0.4 is 5.73 Å². The van der Waals surface area contributed by atoms with Crippen LogP contribution in [-0.2, 0) is 0 Å². The van der Waals surface area contributed by atoms with Crippen LogP contribution in [-0.4, -0.2) is 28.9 Å². The number of hydrogen-bond donors (Lipinski definition) is 1. The number of nitrogens with zero attached hydrogens (tertiary/aromatic N) is 2. The Morgan fingerprint density at radius 3 is 2.94 bits per heavy atom. The molecule has 1 fully saturated rings. The van der Waals surface area contributed by atoms with Crippen LogP contribution in [0.3, 0.4) is 0 Å². The van der Waals surface area contributed by atoms with E-state index in [0.29, 0.717) is 23.2 Å². The highest BCUT2D eigenvalue weighted by Crippen LogP contribution is 2.27. The molecule has 0 saturated heterocycles. The number of nitrogen functional groups attached to an aromatic ring is 1. The Kier molecular flexibility index (Phi) is 3.84. The molecule has 1 aliphatic rings. The maximum absolute atomic E-state index is 12.4. The number of nitrogens with two attached hydrogens (primary N) is 1. The van der Waals surface area contributed by atoms with Gasteiger partial charge in [0.05, 0.1) is 17.4 Å². The van der Waals surface area contributed by atoms with Crippen LogP contribution >= 0.6 is 0 Å². The molecule has 0 aromatic carbocycles. The SMILES string of the molecule is CC1CCCC(N(C)C(=O)c2ccncc2N)C1. The van der Waals surface area contributed by atoms with Crippen molar-refractivity contribution in [3.8, 4) is 0 Å². The smallest absolute Gasteiger partial charge is 0.256 e. The number of hydrogen-bond acceptors (Lipinski definition) is 3. The van der Waals surface area contributed by atoms with E-state index in [4.69, 9.17) is 5.73 Å². The lowest BCUT2D eigenvalue weighted by Crippen LogP contribution is -2.40. The third-order valence-corrected chi connectivity index (χ3v) is 3.86. The first kappa shape index (κ1) is 12.9. The molecule has 4 heteroatoms. The predicted octanol–water partition coefficient (Wildman–Crippen LogP) is 2.31. The van der Waals surface area contributed by atoms with Gasteiger partial charge in [0.2, 0.25) is 0 Å². The third kappa shape index (κ3) is 2.63. The Morgan fingerprint density at radius 2 is 2.28 bits per heavy atom. The van der Waals surface area contributed by atoms with E-state index in [0.717, 1.165) is 12.8 Å². The van der Waals surface area contributed by atoms with Crippen molar-refractivity contribution in [1.82, 2.24) is 9.88 Å². The molecule has 0 bridgehead atoms. The largest absolute Gasteiger partial charge is 0.397 e. The van der Waals surface area contributed by atoms with Crippen molar-refractivity contribution in [3.05, 3.63) is 24.0 Å². The maximum atomic E-state index is 12.4. The molecule has 2 rings (SSSR count). The molecule has 1 aromatic heterocycles. The molecule has 1 heterocycles. The van der Waals surface area contributed by atoms with Crippen LogP contribution in [0.2, 0.25) is 0 Å². The lowest BCUT2D eigenvalue weighted by atomic mass is 9.86. The standard InChI is InChI=1S/C14H21N3O/c1-10-4-3-5-11(8-10)17(2)14(18)12-6-7-16-9-13(12)15/h6-7,9-11H,3-5,8,15H2,1-2H3. The summed E-state index contributed by atoms with van der Waals surface area (Å²) in [5.74, 6) is 0.711. The van der Waals surface area contributed by atoms with Crippen molar-refractivity contribution < 1.29 is 4.79 Å². The van der Waals surface area contributed by atoms with Gasteiger partial charge in [0.25, 0.3) is 5.91 Å². The molecule has 4 nitrogen and oxygen atoms in total. The zero-order chi connectivity index (χ0) is 13.1. The summed E-state index contributed by atoms with van der Waals surface area (Å²) in [7, 11) is 1.88. The quantitative estimate of drug-likeness (QED) is 0.872. The van der Waals surface area contributed by atoms with Crippen LogP contribution in [0.4, 0.5) is 5.69 Å². The van der Waals surface area contributed by atoms with Crippen molar-refractivity contribution >= 4 is 11.6 Å². The molecule has 0 spiro atoms. The fraction of sp³-hybridized carbons (Fsp3) is 0.571. The summed E-state index contributed by atoms with van der Waals surface area (Å²) in [5, 5.41) is 0. The van der Waals surface area contributed by atoms with Crippen molar-refractivity contribution in [2.75, 3.05) is 12.8 Å². The molecular formula is C14H21N3O. The average molecular weight is 247 g/mol. The van der Waals surface area contributed by atoms with E-state index in [9.17, 15) is 4.79 Å². The minimum Gasteiger partial charge on any atom is -0.397 e. The van der Waals surface area contributed by atoms with Gasteiger partial charge in [-0.25, -0.2) is 0 Å². The normalized spacial score (nSPS) is 23.7. The summed E-state index contributed by atoms with van der Waals surface area (Å²) in [5.41, 5.74) is 6.82. The minimum absolute atomic E-state index is 0.00833. The first-order valence-corrected chi connectivity index (χ1v) is 6.56. The number of carbonyl (C=O) groups excluding carboxylic acids is 1. The summed E-state index contributed by atoms with van der Waals surface area (Å²) in [6.45, 7) is 2.26. The van der Waals surface area contributed by atoms with Crippen LogP contribution in [0.1, 0.15) is 43.0 Å². The van der Waals surface area contributed by atoms with E-state index in [1.165, 1.54) is 19.0 Å². The second-order valence-corrected chi connectivity index (χ2v) is 5.30. The molecule has 1 amide bonds. The Bertz CT molecular complexity index is 433. The Labute approximate surface area is 108 Å². The number of carbonyl (C=O) groups is 1. The lowest BCUT2D eigenvalue weighted by molar-refractivity contribution is 0.0673. The van der Waals surface area contributed by atoms with Crippen molar-refractivity contribution in [2.45, 2.75) is 38.6 Å². The molecule has 0 radical (unpaired) electrons. The zero-order valence-electron chi connectivity index (χ0n) is 11.1. The molecule has 1 aromatic rings. The van der Waals surface area contributed by atoms with Gasteiger partial charge in [-0.15, -0.1) is 0 Å². The molecule has 1 saturated carbocycles. The van der Waals surface area contributed by atoms with Crippen molar-refractivity contribution in [3.63, 3.8) is 0 Å². The maximum Gasteiger partial charge on any atom is 0.256 e. The Hall–Kier alpha value is -1.58. The molecular weight excluding hydrogens is 226 g/mol. The van der Waals surface area contributed by atoms with Gasteiger partial charge in [-0.2, -0.15) is 0 Å². The molecule has 0 aliphatic heterocycles. The summed E-state index contributed by atoms with van der Waals surface area (Å²) < 4.78 is 0. The van der Waals surface area contributed by atoms with Crippen molar-refractivity contribution in [2.24, 2.45) is 5.92 Å². The van der Waals surface area contributed by atoms with E-state index < -0.39 is 0 Å². The second-order valence-electron chi connectivity index (χ2n) is 5.30. The van der Waals surface area contributed by atoms with Gasteiger partial charge in [-0.3, -0.25) is 9.78 Å². The highest BCUT2D eigenvalue weighted by atomic mass is 16.2. The molecule has 18 heavy (non-hydrogen) atoms. The molecule has 2 unspecified atom stereocenters. The summed E-state index contributed by atoms with van der Waals surface area (Å²) >= 11 is 0. The van der Waals surface area contributed by atoms with Crippen LogP contribution in [0, 0.1) is 5.92 Å². The van der Waals surface area contributed by atoms with E-state index >= 15 is 0 Å². The minimum atomic E-state index is 0.00833. The molecule has 2 N–H and O–H groups in total. The first-order valence-electron chi connectivity index (χ1n) is 6.56. The lowest BCUT2D eigenvalue weighted by Gasteiger charge is -2.34. The topological polar surface area (TPSA) is 59.2 Å². The first-order chi connectivity index (χ1) is 8.59. The van der Waals surface area contributed by atoms with E-state index in [1.807, 2.05) is 11.9 Å². The Morgan fingerprint density at radius 1 is 1.50 bits per heavy atom. The van der Waals surface area contributed by atoms with Gasteiger partial charge in [-0.05, 0) is 24.8 Å². The highest BCUT2D eigenvalue weighted by Gasteiger charge is 2.26. The van der Waals surface area contributed by atoms with E-state index in [2.05, 4.69) is 11.9 Å². The number of anilines is 1. The monoisotopic (exact) mass is 247 g/mol. The van der Waals surface area contributed by atoms with E-state index in [1.54, 1.807) is 12.3 Å². The number of aromatic nitrogens is 1. The van der Waals surface area contributed by atoms with E-state index in [-0.39, 0.29) is 5.91 Å². The van der Waals surface area contributed by atoms with Crippen LogP contribution in [0.15, 0.2) is 18.5 Å². The summed E-state index contributed by atoms with van der Waals surface area (Å²) in [4.78, 5) is 18.2. The fourth-order valence-corrected chi connectivity index (χ4v) is 2.71. The van der Waals surface area contributed by atoms with Crippen LogP contribution in [0.25, 0.3) is 0 Å². The average Bonchev–Trinajstić information content (AvgIpc) is 2.37. The second kappa shape index (κ2) is 5.38.